The molecule has 0 saturated carbocycles. The maximum Gasteiger partial charge on any atom is 0.214 e. The highest BCUT2D eigenvalue weighted by Crippen LogP contribution is 1.60. The predicted molar refractivity (Wildman–Crippen MR) is 27.5 cm³/mol. The fourth-order valence-electron chi connectivity index (χ4n) is 0.0248. The Balaban J connectivity index is 3.21. The third kappa shape index (κ3) is 1.84. The van der Waals surface area contributed by atoms with Crippen molar-refractivity contribution in [2.45, 2.75) is 0 Å². The summed E-state index contributed by atoms with van der Waals surface area (Å²) in [4.78, 5) is 10.8. The second kappa shape index (κ2) is 2.78. The van der Waals surface area contributed by atoms with E-state index in [-0.39, 0.29) is 0 Å². The Labute approximate surface area is 41.7 Å². The van der Waals surface area contributed by atoms with Crippen molar-refractivity contribution < 1.29 is 4.79 Å². The molecule has 6 heavy (non-hydrogen) atoms. The van der Waals surface area contributed by atoms with Crippen LogP contribution in [0.5, 0.6) is 0 Å². The van der Waals surface area contributed by atoms with Gasteiger partial charge in [0.25, 0.3) is 0 Å². The lowest BCUT2D eigenvalue weighted by atomic mass is 11.0. The van der Waals surface area contributed by atoms with Crippen LogP contribution in [0.15, 0.2) is 0 Å². The van der Waals surface area contributed by atoms with Crippen LogP contribution in [0.1, 0.15) is 0 Å². The van der Waals surface area contributed by atoms with Gasteiger partial charge in [-0.25, -0.2) is 0 Å². The standard InChI is InChI=1S/C3H5NOS/c1-4(2-5)3-6/h2-3H,1H3. The van der Waals surface area contributed by atoms with E-state index >= 15 is 0 Å². The molecule has 0 aliphatic rings. The van der Waals surface area contributed by atoms with Gasteiger partial charge in [0, 0.05) is 7.05 Å². The summed E-state index contributed by atoms with van der Waals surface area (Å²) in [6, 6.07) is 0. The third-order valence-electron chi connectivity index (χ3n) is 0.333. The lowest BCUT2D eigenvalue weighted by Crippen LogP contribution is -2.10. The molecule has 0 bridgehead atoms. The van der Waals surface area contributed by atoms with Gasteiger partial charge in [0.2, 0.25) is 6.41 Å². The van der Waals surface area contributed by atoms with Crippen molar-refractivity contribution in [2.24, 2.45) is 0 Å². The number of carbonyl (C=O) groups is 1. The third-order valence-corrected chi connectivity index (χ3v) is 0.665. The molecular weight excluding hydrogens is 98.1 g/mol. The van der Waals surface area contributed by atoms with Gasteiger partial charge in [0.05, 0.1) is 5.49 Å². The Bertz CT molecular complexity index is 55.8. The zero-order valence-corrected chi connectivity index (χ0v) is 4.23. The van der Waals surface area contributed by atoms with Gasteiger partial charge >= 0.3 is 0 Å². The molecule has 34 valence electrons. The fourth-order valence-corrected chi connectivity index (χ4v) is 0.0745. The molecule has 0 fully saturated rings. The molecular formula is C3H5NOS. The first-order valence-corrected chi connectivity index (χ1v) is 1.91. The van der Waals surface area contributed by atoms with Crippen LogP contribution in [0.3, 0.4) is 0 Å². The molecule has 0 aromatic rings. The van der Waals surface area contributed by atoms with E-state index in [1.165, 1.54) is 10.4 Å². The normalized spacial score (nSPS) is 6.83. The largest absolute Gasteiger partial charge is 0.315 e. The van der Waals surface area contributed by atoms with Gasteiger partial charge in [-0.2, -0.15) is 0 Å². The first-order valence-electron chi connectivity index (χ1n) is 1.44. The summed E-state index contributed by atoms with van der Waals surface area (Å²) in [6.07, 6.45) is 0.646. The second-order valence-electron chi connectivity index (χ2n) is 0.876. The van der Waals surface area contributed by atoms with E-state index in [4.69, 9.17) is 0 Å². The van der Waals surface area contributed by atoms with Crippen molar-refractivity contribution in [2.75, 3.05) is 7.05 Å². The summed E-state index contributed by atoms with van der Waals surface area (Å²) >= 11 is 4.34. The molecule has 0 atom stereocenters. The smallest absolute Gasteiger partial charge is 0.214 e. The molecule has 0 spiro atoms. The summed E-state index contributed by atoms with van der Waals surface area (Å²) in [7, 11) is 1.58. The summed E-state index contributed by atoms with van der Waals surface area (Å²) in [5.74, 6) is 0. The van der Waals surface area contributed by atoms with Crippen molar-refractivity contribution in [1.82, 2.24) is 4.90 Å². The molecule has 0 aliphatic heterocycles. The number of hydrogen-bond acceptors (Lipinski definition) is 2. The number of nitrogens with zero attached hydrogens (tertiary/aromatic N) is 1. The van der Waals surface area contributed by atoms with Crippen molar-refractivity contribution >= 4 is 24.1 Å². The lowest BCUT2D eigenvalue weighted by Gasteiger charge is -1.94. The zero-order valence-electron chi connectivity index (χ0n) is 3.42. The van der Waals surface area contributed by atoms with Gasteiger partial charge in [-0.1, -0.05) is 12.2 Å². The highest BCUT2D eigenvalue weighted by Gasteiger charge is 1.75. The van der Waals surface area contributed by atoms with Crippen LogP contribution in [0.2, 0.25) is 0 Å². The number of amides is 1. The van der Waals surface area contributed by atoms with Crippen LogP contribution >= 0.6 is 12.2 Å². The van der Waals surface area contributed by atoms with Crippen molar-refractivity contribution in [3.63, 3.8) is 0 Å². The molecule has 0 aliphatic carbocycles. The zero-order chi connectivity index (χ0) is 4.99. The Morgan fingerprint density at radius 2 is 2.33 bits per heavy atom. The minimum absolute atomic E-state index is 0.646. The van der Waals surface area contributed by atoms with Crippen molar-refractivity contribution in [1.29, 1.82) is 0 Å². The van der Waals surface area contributed by atoms with Gasteiger partial charge in [-0.15, -0.1) is 0 Å². The van der Waals surface area contributed by atoms with Gasteiger partial charge in [-0.3, -0.25) is 4.79 Å². The van der Waals surface area contributed by atoms with E-state index in [0.717, 1.165) is 0 Å². The van der Waals surface area contributed by atoms with Crippen LogP contribution in [0.25, 0.3) is 0 Å². The van der Waals surface area contributed by atoms with Crippen LogP contribution < -0.4 is 0 Å². The average molecular weight is 103 g/mol. The molecule has 2 nitrogen and oxygen atoms in total. The molecule has 0 rings (SSSR count). The second-order valence-corrected chi connectivity index (χ2v) is 1.09. The Morgan fingerprint density at radius 1 is 1.83 bits per heavy atom. The molecule has 0 radical (unpaired) electrons. The Morgan fingerprint density at radius 3 is 2.33 bits per heavy atom. The van der Waals surface area contributed by atoms with Gasteiger partial charge in [0.1, 0.15) is 0 Å². The van der Waals surface area contributed by atoms with E-state index in [1.54, 1.807) is 7.05 Å². The highest BCUT2D eigenvalue weighted by atomic mass is 32.1. The summed E-state index contributed by atoms with van der Waals surface area (Å²) in [6.45, 7) is 0. The lowest BCUT2D eigenvalue weighted by molar-refractivity contribution is -0.113. The maximum atomic E-state index is 9.56. The van der Waals surface area contributed by atoms with Crippen LogP contribution in [-0.4, -0.2) is 23.8 Å². The van der Waals surface area contributed by atoms with E-state index in [2.05, 4.69) is 12.2 Å². The molecule has 0 unspecified atom stereocenters. The monoisotopic (exact) mass is 103 g/mol. The molecule has 0 aromatic heterocycles. The summed E-state index contributed by atoms with van der Waals surface area (Å²) in [5.41, 5.74) is 1.27. The minimum Gasteiger partial charge on any atom is -0.315 e. The molecule has 0 heterocycles. The van der Waals surface area contributed by atoms with Crippen molar-refractivity contribution in [3.8, 4) is 0 Å². The van der Waals surface area contributed by atoms with E-state index in [1.807, 2.05) is 0 Å². The molecule has 3 heteroatoms. The molecule has 0 aromatic carbocycles. The first-order chi connectivity index (χ1) is 2.81. The van der Waals surface area contributed by atoms with Crippen LogP contribution in [0.4, 0.5) is 0 Å². The number of hydrogen-bond donors (Lipinski definition) is 0. The summed E-state index contributed by atoms with van der Waals surface area (Å²) < 4.78 is 0. The highest BCUT2D eigenvalue weighted by molar-refractivity contribution is 7.78. The number of thiocarbonyl (C=S) groups is 1. The molecule has 1 amide bonds. The van der Waals surface area contributed by atoms with E-state index in [0.29, 0.717) is 6.41 Å². The molecule has 0 saturated heterocycles. The quantitative estimate of drug-likeness (QED) is 0.363. The summed E-state index contributed by atoms with van der Waals surface area (Å²) in [5, 5.41) is 0. The minimum atomic E-state index is 0.646. The number of carbonyl (C=O) groups excluding carboxylic acids is 1. The Hall–Kier alpha value is -0.440. The Kier molecular flexibility index (Phi) is 2.58. The SMILES string of the molecule is CN(C=O)C=S. The first kappa shape index (κ1) is 5.56. The van der Waals surface area contributed by atoms with Gasteiger partial charge in [0.15, 0.2) is 0 Å². The topological polar surface area (TPSA) is 20.3 Å². The van der Waals surface area contributed by atoms with Gasteiger partial charge < -0.3 is 4.90 Å². The average Bonchev–Trinajstić information content (AvgIpc) is 1.65. The number of rotatable bonds is 2. The van der Waals surface area contributed by atoms with Crippen LogP contribution in [-0.2, 0) is 4.79 Å². The van der Waals surface area contributed by atoms with E-state index in [9.17, 15) is 4.79 Å². The predicted octanol–water partition coefficient (Wildman–Crippen LogP) is 0.0318. The van der Waals surface area contributed by atoms with Crippen LogP contribution in [0, 0.1) is 0 Å². The maximum absolute atomic E-state index is 9.56. The van der Waals surface area contributed by atoms with Gasteiger partial charge in [-0.05, 0) is 0 Å². The fraction of sp³-hybridized carbons (Fsp3) is 0.333. The van der Waals surface area contributed by atoms with E-state index < -0.39 is 0 Å². The van der Waals surface area contributed by atoms with Crippen molar-refractivity contribution in [3.05, 3.63) is 0 Å². The molecule has 0 N–H and O–H groups in total.